The molecule has 0 aromatic rings. The van der Waals surface area contributed by atoms with Gasteiger partial charge in [-0.1, -0.05) is 15.9 Å². The third-order valence-corrected chi connectivity index (χ3v) is 1.74. The van der Waals surface area contributed by atoms with E-state index >= 15 is 0 Å². The summed E-state index contributed by atoms with van der Waals surface area (Å²) < 4.78 is 0.878. The number of likely N-dealkylation sites (N-methyl/N-ethyl adjacent to an activating group) is 1. The molecule has 66 valence electrons. The van der Waals surface area contributed by atoms with Crippen LogP contribution >= 0.6 is 15.9 Å². The zero-order valence-corrected chi connectivity index (χ0v) is 8.94. The van der Waals surface area contributed by atoms with Gasteiger partial charge in [-0.15, -0.1) is 0 Å². The molecule has 0 spiro atoms. The molecular weight excluding hydrogens is 208 g/mol. The van der Waals surface area contributed by atoms with Gasteiger partial charge in [-0.2, -0.15) is 0 Å². The zero-order chi connectivity index (χ0) is 8.91. The Hall–Kier alpha value is -0.0900. The van der Waals surface area contributed by atoms with Crippen LogP contribution in [0.25, 0.3) is 0 Å². The van der Waals surface area contributed by atoms with E-state index in [1.165, 1.54) is 0 Å². The highest BCUT2D eigenvalue weighted by Crippen LogP contribution is 1.86. The van der Waals surface area contributed by atoms with Crippen molar-refractivity contribution in [1.82, 2.24) is 5.32 Å². The van der Waals surface area contributed by atoms with E-state index in [0.717, 1.165) is 17.6 Å². The average molecular weight is 224 g/mol. The lowest BCUT2D eigenvalue weighted by Gasteiger charge is -2.23. The Bertz CT molecular complexity index is 131. The lowest BCUT2D eigenvalue weighted by Crippen LogP contribution is -2.42. The zero-order valence-electron chi connectivity index (χ0n) is 7.35. The lowest BCUT2D eigenvalue weighted by molar-refractivity contribution is -0.869. The fourth-order valence-corrected chi connectivity index (χ4v) is 0.776. The molecule has 0 saturated heterocycles. The first-order valence-electron chi connectivity index (χ1n) is 3.59. The van der Waals surface area contributed by atoms with E-state index in [-0.39, 0.29) is 5.91 Å². The van der Waals surface area contributed by atoms with Crippen molar-refractivity contribution in [2.45, 2.75) is 0 Å². The SMILES string of the molecule is C[N+](C)(C)CCNC(=O)CBr. The first-order chi connectivity index (χ1) is 4.95. The third kappa shape index (κ3) is 7.81. The fourth-order valence-electron chi connectivity index (χ4n) is 0.578. The Balaban J connectivity index is 3.35. The number of rotatable bonds is 4. The molecule has 3 nitrogen and oxygen atoms in total. The predicted octanol–water partition coefficient (Wildman–Crippen LogP) is 0.204. The number of carbonyl (C=O) groups is 1. The van der Waals surface area contributed by atoms with Crippen molar-refractivity contribution in [1.29, 1.82) is 0 Å². The normalized spacial score (nSPS) is 11.3. The molecule has 4 heteroatoms. The van der Waals surface area contributed by atoms with Crippen LogP contribution in [0.4, 0.5) is 0 Å². The topological polar surface area (TPSA) is 29.1 Å². The maximum atomic E-state index is 10.7. The van der Waals surface area contributed by atoms with E-state index < -0.39 is 0 Å². The van der Waals surface area contributed by atoms with Crippen molar-refractivity contribution in [3.8, 4) is 0 Å². The second kappa shape index (κ2) is 4.72. The van der Waals surface area contributed by atoms with Gasteiger partial charge in [-0.25, -0.2) is 0 Å². The van der Waals surface area contributed by atoms with Crippen LogP contribution < -0.4 is 5.32 Å². The molecule has 0 bridgehead atoms. The van der Waals surface area contributed by atoms with Crippen molar-refractivity contribution >= 4 is 21.8 Å². The number of nitrogens with one attached hydrogen (secondary N) is 1. The second-order valence-corrected chi connectivity index (χ2v) is 4.06. The highest BCUT2D eigenvalue weighted by molar-refractivity contribution is 9.09. The number of quaternary nitrogens is 1. The van der Waals surface area contributed by atoms with Gasteiger partial charge in [0.15, 0.2) is 0 Å². The van der Waals surface area contributed by atoms with Gasteiger partial charge in [0.05, 0.1) is 39.6 Å². The van der Waals surface area contributed by atoms with Crippen LogP contribution in [0, 0.1) is 0 Å². The number of carbonyl (C=O) groups excluding carboxylic acids is 1. The highest BCUT2D eigenvalue weighted by Gasteiger charge is 2.06. The van der Waals surface area contributed by atoms with E-state index in [0.29, 0.717) is 5.33 Å². The molecule has 0 aromatic carbocycles. The van der Waals surface area contributed by atoms with E-state index in [2.05, 4.69) is 42.4 Å². The highest BCUT2D eigenvalue weighted by atomic mass is 79.9. The monoisotopic (exact) mass is 223 g/mol. The number of halogens is 1. The molecule has 0 aliphatic carbocycles. The van der Waals surface area contributed by atoms with Crippen molar-refractivity contribution < 1.29 is 9.28 Å². The minimum atomic E-state index is 0.0541. The second-order valence-electron chi connectivity index (χ2n) is 3.50. The molecular formula is C7H16BrN2O+. The average Bonchev–Trinajstić information content (AvgIpc) is 1.85. The van der Waals surface area contributed by atoms with Gasteiger partial charge in [0.2, 0.25) is 5.91 Å². The van der Waals surface area contributed by atoms with Gasteiger partial charge in [0.1, 0.15) is 0 Å². The number of amides is 1. The van der Waals surface area contributed by atoms with Crippen LogP contribution in [0.1, 0.15) is 0 Å². The Morgan fingerprint density at radius 3 is 2.36 bits per heavy atom. The summed E-state index contributed by atoms with van der Waals surface area (Å²) in [4.78, 5) is 10.7. The molecule has 0 rings (SSSR count). The van der Waals surface area contributed by atoms with Gasteiger partial charge in [-0.3, -0.25) is 4.79 Å². The van der Waals surface area contributed by atoms with Crippen molar-refractivity contribution in [3.63, 3.8) is 0 Å². The van der Waals surface area contributed by atoms with Crippen LogP contribution in [0.3, 0.4) is 0 Å². The van der Waals surface area contributed by atoms with Crippen molar-refractivity contribution in [3.05, 3.63) is 0 Å². The number of alkyl halides is 1. The quantitative estimate of drug-likeness (QED) is 0.536. The van der Waals surface area contributed by atoms with Gasteiger partial charge in [0, 0.05) is 0 Å². The largest absolute Gasteiger partial charge is 0.350 e. The van der Waals surface area contributed by atoms with E-state index in [1.807, 2.05) is 0 Å². The molecule has 0 aromatic heterocycles. The van der Waals surface area contributed by atoms with Gasteiger partial charge in [0.25, 0.3) is 0 Å². The van der Waals surface area contributed by atoms with Crippen molar-refractivity contribution in [2.75, 3.05) is 39.6 Å². The molecule has 11 heavy (non-hydrogen) atoms. The maximum Gasteiger partial charge on any atom is 0.230 e. The summed E-state index contributed by atoms with van der Waals surface area (Å²) >= 11 is 3.08. The summed E-state index contributed by atoms with van der Waals surface area (Å²) in [7, 11) is 6.29. The molecule has 0 radical (unpaired) electrons. The van der Waals surface area contributed by atoms with Gasteiger partial charge >= 0.3 is 0 Å². The summed E-state index contributed by atoms with van der Waals surface area (Å²) in [5.41, 5.74) is 0. The third-order valence-electron chi connectivity index (χ3n) is 1.23. The number of hydrogen-bond acceptors (Lipinski definition) is 1. The maximum absolute atomic E-state index is 10.7. The molecule has 0 heterocycles. The van der Waals surface area contributed by atoms with Crippen LogP contribution in [-0.4, -0.2) is 50.0 Å². The van der Waals surface area contributed by atoms with E-state index in [4.69, 9.17) is 0 Å². The van der Waals surface area contributed by atoms with E-state index in [1.54, 1.807) is 0 Å². The molecule has 1 N–H and O–H groups in total. The number of hydrogen-bond donors (Lipinski definition) is 1. The molecule has 0 unspecified atom stereocenters. The molecule has 0 aliphatic heterocycles. The molecule has 0 aliphatic rings. The lowest BCUT2D eigenvalue weighted by atomic mass is 10.5. The van der Waals surface area contributed by atoms with Gasteiger partial charge < -0.3 is 9.80 Å². The summed E-state index contributed by atoms with van der Waals surface area (Å²) in [6.07, 6.45) is 0. The Morgan fingerprint density at radius 1 is 1.45 bits per heavy atom. The smallest absolute Gasteiger partial charge is 0.230 e. The van der Waals surface area contributed by atoms with Crippen molar-refractivity contribution in [2.24, 2.45) is 0 Å². The van der Waals surface area contributed by atoms with Crippen LogP contribution in [0.15, 0.2) is 0 Å². The first kappa shape index (κ1) is 10.9. The summed E-state index contributed by atoms with van der Waals surface area (Å²) in [5.74, 6) is 0.0541. The van der Waals surface area contributed by atoms with E-state index in [9.17, 15) is 4.79 Å². The first-order valence-corrected chi connectivity index (χ1v) is 4.71. The molecule has 0 atom stereocenters. The Kier molecular flexibility index (Phi) is 4.68. The Labute approximate surface area is 76.5 Å². The Morgan fingerprint density at radius 2 is 2.00 bits per heavy atom. The van der Waals surface area contributed by atoms with Crippen LogP contribution in [0.5, 0.6) is 0 Å². The minimum absolute atomic E-state index is 0.0541. The minimum Gasteiger partial charge on any atom is -0.350 e. The molecule has 0 saturated carbocycles. The fraction of sp³-hybridized carbons (Fsp3) is 0.857. The molecule has 1 amide bonds. The summed E-state index contributed by atoms with van der Waals surface area (Å²) in [6.45, 7) is 1.70. The predicted molar refractivity (Wildman–Crippen MR) is 49.7 cm³/mol. The summed E-state index contributed by atoms with van der Waals surface area (Å²) in [5, 5.41) is 3.18. The van der Waals surface area contributed by atoms with Crippen LogP contribution in [-0.2, 0) is 4.79 Å². The standard InChI is InChI=1S/C7H15BrN2O/c1-10(2,3)5-4-9-7(11)6-8/h4-6H2,1-3H3/p+1. The van der Waals surface area contributed by atoms with Gasteiger partial charge in [-0.05, 0) is 0 Å². The molecule has 0 fully saturated rings. The summed E-state index contributed by atoms with van der Waals surface area (Å²) in [6, 6.07) is 0. The number of nitrogens with zero attached hydrogens (tertiary/aromatic N) is 1. The van der Waals surface area contributed by atoms with Crippen LogP contribution in [0.2, 0.25) is 0 Å².